The lowest BCUT2D eigenvalue weighted by molar-refractivity contribution is 0.415. The molecule has 0 heterocycles. The quantitative estimate of drug-likeness (QED) is 0.673. The van der Waals surface area contributed by atoms with Gasteiger partial charge in [-0.2, -0.15) is 5.10 Å². The molecule has 0 bridgehead atoms. The van der Waals surface area contributed by atoms with Gasteiger partial charge in [0, 0.05) is 5.02 Å². The normalized spacial score (nSPS) is 10.7. The molecule has 0 unspecified atom stereocenters. The number of benzene rings is 2. The lowest BCUT2D eigenvalue weighted by Crippen LogP contribution is -1.91. The Hall–Kier alpha value is -2.00. The summed E-state index contributed by atoms with van der Waals surface area (Å²) >= 11 is 6.04. The van der Waals surface area contributed by atoms with E-state index in [4.69, 9.17) is 16.3 Å². The lowest BCUT2D eigenvalue weighted by Gasteiger charge is -2.03. The van der Waals surface area contributed by atoms with E-state index in [1.165, 1.54) is 0 Å². The minimum atomic E-state index is 0.727. The average molecular weight is 275 g/mol. The van der Waals surface area contributed by atoms with Crippen LogP contribution in [-0.2, 0) is 0 Å². The first-order valence-electron chi connectivity index (χ1n) is 5.88. The van der Waals surface area contributed by atoms with Crippen LogP contribution in [0.1, 0.15) is 11.1 Å². The maximum absolute atomic E-state index is 6.04. The van der Waals surface area contributed by atoms with Gasteiger partial charge in [0.05, 0.1) is 19.0 Å². The smallest absolute Gasteiger partial charge is 0.118 e. The number of halogens is 1. The molecule has 19 heavy (non-hydrogen) atoms. The molecule has 0 aliphatic heterocycles. The van der Waals surface area contributed by atoms with Gasteiger partial charge in [-0.25, -0.2) is 0 Å². The number of nitrogens with zero attached hydrogens (tertiary/aromatic N) is 1. The predicted molar refractivity (Wildman–Crippen MR) is 80.4 cm³/mol. The van der Waals surface area contributed by atoms with Gasteiger partial charge in [0.2, 0.25) is 0 Å². The van der Waals surface area contributed by atoms with Crippen LogP contribution in [0, 0.1) is 6.92 Å². The molecule has 0 saturated carbocycles. The number of rotatable bonds is 4. The highest BCUT2D eigenvalue weighted by Crippen LogP contribution is 2.19. The molecule has 0 amide bonds. The van der Waals surface area contributed by atoms with Gasteiger partial charge >= 0.3 is 0 Å². The summed E-state index contributed by atoms with van der Waals surface area (Å²) < 4.78 is 5.09. The summed E-state index contributed by atoms with van der Waals surface area (Å²) in [6, 6.07) is 13.4. The van der Waals surface area contributed by atoms with E-state index in [1.54, 1.807) is 13.3 Å². The zero-order valence-corrected chi connectivity index (χ0v) is 11.6. The van der Waals surface area contributed by atoms with Crippen LogP contribution in [-0.4, -0.2) is 13.3 Å². The maximum Gasteiger partial charge on any atom is 0.118 e. The highest BCUT2D eigenvalue weighted by Gasteiger charge is 1.96. The summed E-state index contributed by atoms with van der Waals surface area (Å²) in [5.74, 6) is 0.829. The Balaban J connectivity index is 2.00. The zero-order chi connectivity index (χ0) is 13.7. The van der Waals surface area contributed by atoms with Crippen molar-refractivity contribution < 1.29 is 4.74 Å². The van der Waals surface area contributed by atoms with Crippen molar-refractivity contribution in [1.82, 2.24) is 0 Å². The molecule has 98 valence electrons. The number of hydrogen-bond acceptors (Lipinski definition) is 3. The number of nitrogens with one attached hydrogen (secondary N) is 1. The number of hydrogen-bond donors (Lipinski definition) is 1. The van der Waals surface area contributed by atoms with Crippen molar-refractivity contribution >= 4 is 23.5 Å². The van der Waals surface area contributed by atoms with E-state index in [0.717, 1.165) is 27.6 Å². The molecule has 0 aliphatic carbocycles. The molecule has 0 fully saturated rings. The Labute approximate surface area is 117 Å². The summed E-state index contributed by atoms with van der Waals surface area (Å²) in [6.45, 7) is 1.97. The van der Waals surface area contributed by atoms with Gasteiger partial charge < -0.3 is 4.74 Å². The average Bonchev–Trinajstić information content (AvgIpc) is 2.43. The Bertz CT molecular complexity index is 579. The number of hydrazone groups is 1. The first-order chi connectivity index (χ1) is 9.19. The summed E-state index contributed by atoms with van der Waals surface area (Å²) in [6.07, 6.45) is 1.74. The Morgan fingerprint density at radius 1 is 1.16 bits per heavy atom. The number of methoxy groups -OCH3 is 1. The minimum Gasteiger partial charge on any atom is -0.497 e. The second-order valence-electron chi connectivity index (χ2n) is 4.11. The van der Waals surface area contributed by atoms with E-state index >= 15 is 0 Å². The SMILES string of the molecule is COc1ccc(/C=N\Nc2ccc(C)c(Cl)c2)cc1. The molecule has 1 N–H and O–H groups in total. The molecule has 0 aromatic heterocycles. The summed E-state index contributed by atoms with van der Waals surface area (Å²) in [5.41, 5.74) is 5.84. The predicted octanol–water partition coefficient (Wildman–Crippen LogP) is 4.10. The van der Waals surface area contributed by atoms with E-state index in [9.17, 15) is 0 Å². The third-order valence-corrected chi connectivity index (χ3v) is 3.10. The fraction of sp³-hybridized carbons (Fsp3) is 0.133. The van der Waals surface area contributed by atoms with Crippen LogP contribution in [0.15, 0.2) is 47.6 Å². The second-order valence-corrected chi connectivity index (χ2v) is 4.51. The van der Waals surface area contributed by atoms with E-state index in [0.29, 0.717) is 0 Å². The lowest BCUT2D eigenvalue weighted by atomic mass is 10.2. The molecule has 4 heteroatoms. The third kappa shape index (κ3) is 3.73. The third-order valence-electron chi connectivity index (χ3n) is 2.69. The molecule has 3 nitrogen and oxygen atoms in total. The van der Waals surface area contributed by atoms with E-state index in [2.05, 4.69) is 10.5 Å². The van der Waals surface area contributed by atoms with E-state index < -0.39 is 0 Å². The van der Waals surface area contributed by atoms with Crippen molar-refractivity contribution in [2.75, 3.05) is 12.5 Å². The Morgan fingerprint density at radius 3 is 2.53 bits per heavy atom. The molecule has 0 atom stereocenters. The molecule has 0 saturated heterocycles. The maximum atomic E-state index is 6.04. The van der Waals surface area contributed by atoms with Gasteiger partial charge in [-0.3, -0.25) is 5.43 Å². The first-order valence-corrected chi connectivity index (χ1v) is 6.26. The largest absolute Gasteiger partial charge is 0.497 e. The number of anilines is 1. The van der Waals surface area contributed by atoms with Crippen molar-refractivity contribution in [3.8, 4) is 5.75 Å². The summed E-state index contributed by atoms with van der Waals surface area (Å²) in [5, 5.41) is 4.89. The minimum absolute atomic E-state index is 0.727. The zero-order valence-electron chi connectivity index (χ0n) is 10.9. The van der Waals surface area contributed by atoms with Gasteiger partial charge in [0.15, 0.2) is 0 Å². The molecule has 0 radical (unpaired) electrons. The Morgan fingerprint density at radius 2 is 1.89 bits per heavy atom. The summed E-state index contributed by atoms with van der Waals surface area (Å²) in [4.78, 5) is 0. The molecule has 2 rings (SSSR count). The van der Waals surface area contributed by atoms with Crippen molar-refractivity contribution in [1.29, 1.82) is 0 Å². The van der Waals surface area contributed by atoms with E-state index in [1.807, 2.05) is 49.4 Å². The fourth-order valence-electron chi connectivity index (χ4n) is 1.53. The van der Waals surface area contributed by atoms with Crippen LogP contribution in [0.5, 0.6) is 5.75 Å². The fourth-order valence-corrected chi connectivity index (χ4v) is 1.71. The van der Waals surface area contributed by atoms with Gasteiger partial charge in [-0.15, -0.1) is 0 Å². The van der Waals surface area contributed by atoms with Gasteiger partial charge in [-0.05, 0) is 54.4 Å². The van der Waals surface area contributed by atoms with Crippen LogP contribution in [0.25, 0.3) is 0 Å². The summed E-state index contributed by atoms with van der Waals surface area (Å²) in [7, 11) is 1.64. The van der Waals surface area contributed by atoms with Gasteiger partial charge in [0.25, 0.3) is 0 Å². The van der Waals surface area contributed by atoms with Gasteiger partial charge in [-0.1, -0.05) is 17.7 Å². The molecule has 2 aromatic rings. The molecule has 0 aliphatic rings. The standard InChI is InChI=1S/C15H15ClN2O/c1-11-3-6-13(9-15(11)16)18-17-10-12-4-7-14(19-2)8-5-12/h3-10,18H,1-2H3/b17-10-. The molecular formula is C15H15ClN2O. The van der Waals surface area contributed by atoms with E-state index in [-0.39, 0.29) is 0 Å². The Kier molecular flexibility index (Phi) is 4.42. The molecule has 0 spiro atoms. The van der Waals surface area contributed by atoms with Crippen molar-refractivity contribution in [3.05, 3.63) is 58.6 Å². The first kappa shape index (κ1) is 13.4. The highest BCUT2D eigenvalue weighted by atomic mass is 35.5. The van der Waals surface area contributed by atoms with Crippen LogP contribution in [0.4, 0.5) is 5.69 Å². The van der Waals surface area contributed by atoms with Crippen LogP contribution < -0.4 is 10.2 Å². The van der Waals surface area contributed by atoms with Crippen LogP contribution in [0.3, 0.4) is 0 Å². The van der Waals surface area contributed by atoms with Crippen molar-refractivity contribution in [2.45, 2.75) is 6.92 Å². The number of ether oxygens (including phenoxy) is 1. The van der Waals surface area contributed by atoms with Gasteiger partial charge in [0.1, 0.15) is 5.75 Å². The second kappa shape index (κ2) is 6.25. The molecule has 2 aromatic carbocycles. The monoisotopic (exact) mass is 274 g/mol. The van der Waals surface area contributed by atoms with Crippen LogP contribution >= 0.6 is 11.6 Å². The van der Waals surface area contributed by atoms with Crippen LogP contribution in [0.2, 0.25) is 5.02 Å². The topological polar surface area (TPSA) is 33.6 Å². The molecular weight excluding hydrogens is 260 g/mol. The highest BCUT2D eigenvalue weighted by molar-refractivity contribution is 6.31. The van der Waals surface area contributed by atoms with Crippen molar-refractivity contribution in [2.24, 2.45) is 5.10 Å². The number of aryl methyl sites for hydroxylation is 1. The van der Waals surface area contributed by atoms with Crippen molar-refractivity contribution in [3.63, 3.8) is 0 Å².